The first-order valence-corrected chi connectivity index (χ1v) is 10.4. The molecule has 1 unspecified atom stereocenters. The van der Waals surface area contributed by atoms with Gasteiger partial charge in [-0.25, -0.2) is 4.79 Å². The van der Waals surface area contributed by atoms with Crippen molar-refractivity contribution in [2.24, 2.45) is 0 Å². The van der Waals surface area contributed by atoms with E-state index in [0.717, 1.165) is 21.2 Å². The van der Waals surface area contributed by atoms with Gasteiger partial charge in [-0.15, -0.1) is 0 Å². The Morgan fingerprint density at radius 1 is 0.968 bits per heavy atom. The molecule has 0 aliphatic carbocycles. The van der Waals surface area contributed by atoms with Crippen LogP contribution in [0.3, 0.4) is 0 Å². The second-order valence-corrected chi connectivity index (χ2v) is 7.90. The van der Waals surface area contributed by atoms with Crippen LogP contribution in [0.2, 0.25) is 0 Å². The predicted molar refractivity (Wildman–Crippen MR) is 119 cm³/mol. The molecule has 0 spiro atoms. The minimum atomic E-state index is -1.21. The molecule has 3 aromatic carbocycles. The van der Waals surface area contributed by atoms with Crippen LogP contribution in [0.1, 0.15) is 25.0 Å². The Labute approximate surface area is 181 Å². The molecule has 1 fully saturated rings. The normalized spacial score (nSPS) is 18.3. The number of nitrogens with zero attached hydrogens (tertiary/aromatic N) is 2. The van der Waals surface area contributed by atoms with E-state index < -0.39 is 17.5 Å². The highest BCUT2D eigenvalue weighted by Gasteiger charge is 2.49. The molecular formula is C25H25N3O3. The van der Waals surface area contributed by atoms with Gasteiger partial charge in [0.05, 0.1) is 0 Å². The van der Waals surface area contributed by atoms with Gasteiger partial charge in [-0.1, -0.05) is 66.7 Å². The maximum Gasteiger partial charge on any atom is 0.325 e. The zero-order valence-electron chi connectivity index (χ0n) is 17.7. The van der Waals surface area contributed by atoms with Gasteiger partial charge in [0.15, 0.2) is 0 Å². The second-order valence-electron chi connectivity index (χ2n) is 7.90. The van der Waals surface area contributed by atoms with Gasteiger partial charge in [0.25, 0.3) is 5.91 Å². The molecule has 6 nitrogen and oxygen atoms in total. The monoisotopic (exact) mass is 415 g/mol. The highest BCUT2D eigenvalue weighted by molar-refractivity contribution is 6.09. The number of carbonyl (C=O) groups excluding carboxylic acids is 3. The molecule has 1 N–H and O–H groups in total. The third kappa shape index (κ3) is 3.89. The SMILES string of the molecule is CCN(Cc1ccccc1)C(=O)CN1C(=O)NC(C)(c2ccc3ccccc3c2)C1=O. The lowest BCUT2D eigenvalue weighted by atomic mass is 9.90. The lowest BCUT2D eigenvalue weighted by Crippen LogP contribution is -2.44. The van der Waals surface area contributed by atoms with Crippen LogP contribution < -0.4 is 5.32 Å². The summed E-state index contributed by atoms with van der Waals surface area (Å²) in [6.07, 6.45) is 0. The summed E-state index contributed by atoms with van der Waals surface area (Å²) < 4.78 is 0. The zero-order chi connectivity index (χ0) is 22.0. The minimum absolute atomic E-state index is 0.266. The number of imide groups is 1. The Morgan fingerprint density at radius 3 is 2.35 bits per heavy atom. The van der Waals surface area contributed by atoms with Crippen LogP contribution in [-0.4, -0.2) is 40.7 Å². The molecule has 1 heterocycles. The van der Waals surface area contributed by atoms with E-state index in [1.165, 1.54) is 0 Å². The maximum atomic E-state index is 13.3. The highest BCUT2D eigenvalue weighted by atomic mass is 16.2. The summed E-state index contributed by atoms with van der Waals surface area (Å²) in [6, 6.07) is 22.6. The smallest absolute Gasteiger partial charge is 0.325 e. The van der Waals surface area contributed by atoms with Crippen LogP contribution in [-0.2, 0) is 21.7 Å². The molecule has 1 atom stereocenters. The molecule has 1 saturated heterocycles. The first-order chi connectivity index (χ1) is 14.9. The van der Waals surface area contributed by atoms with Crippen molar-refractivity contribution in [1.82, 2.24) is 15.1 Å². The Morgan fingerprint density at radius 2 is 1.65 bits per heavy atom. The molecule has 31 heavy (non-hydrogen) atoms. The predicted octanol–water partition coefficient (Wildman–Crippen LogP) is 3.66. The van der Waals surface area contributed by atoms with E-state index in [2.05, 4.69) is 5.32 Å². The number of nitrogens with one attached hydrogen (secondary N) is 1. The van der Waals surface area contributed by atoms with E-state index >= 15 is 0 Å². The number of hydrogen-bond donors (Lipinski definition) is 1. The standard InChI is InChI=1S/C25H25N3O3/c1-3-27(16-18-9-5-4-6-10-18)22(29)17-28-23(30)25(2,26-24(28)31)21-14-13-19-11-7-8-12-20(19)15-21/h4-15H,3,16-17H2,1-2H3,(H,26,31). The van der Waals surface area contributed by atoms with Crippen molar-refractivity contribution in [3.05, 3.63) is 83.9 Å². The van der Waals surface area contributed by atoms with Crippen LogP contribution >= 0.6 is 0 Å². The molecule has 0 radical (unpaired) electrons. The number of fused-ring (bicyclic) bond motifs is 1. The van der Waals surface area contributed by atoms with Crippen molar-refractivity contribution in [2.75, 3.05) is 13.1 Å². The summed E-state index contributed by atoms with van der Waals surface area (Å²) in [4.78, 5) is 41.5. The van der Waals surface area contributed by atoms with Gasteiger partial charge in [-0.3, -0.25) is 14.5 Å². The number of benzene rings is 3. The van der Waals surface area contributed by atoms with E-state index in [9.17, 15) is 14.4 Å². The van der Waals surface area contributed by atoms with Crippen LogP contribution in [0.15, 0.2) is 72.8 Å². The van der Waals surface area contributed by atoms with Gasteiger partial charge in [0.2, 0.25) is 5.91 Å². The summed E-state index contributed by atoms with van der Waals surface area (Å²) in [5, 5.41) is 4.83. The molecule has 6 heteroatoms. The van der Waals surface area contributed by atoms with Crippen molar-refractivity contribution in [2.45, 2.75) is 25.9 Å². The molecule has 1 aliphatic rings. The summed E-state index contributed by atoms with van der Waals surface area (Å²) in [7, 11) is 0. The van der Waals surface area contributed by atoms with E-state index in [0.29, 0.717) is 18.7 Å². The van der Waals surface area contributed by atoms with Crippen LogP contribution in [0, 0.1) is 0 Å². The Balaban J connectivity index is 1.53. The molecule has 4 amide bonds. The first-order valence-electron chi connectivity index (χ1n) is 10.4. The summed E-state index contributed by atoms with van der Waals surface area (Å²) >= 11 is 0. The third-order valence-corrected chi connectivity index (χ3v) is 5.85. The van der Waals surface area contributed by atoms with Gasteiger partial charge < -0.3 is 10.2 Å². The maximum absolute atomic E-state index is 13.3. The second kappa shape index (κ2) is 8.22. The largest absolute Gasteiger partial charge is 0.337 e. The quantitative estimate of drug-likeness (QED) is 0.625. The molecule has 0 aromatic heterocycles. The van der Waals surface area contributed by atoms with Crippen molar-refractivity contribution in [3.8, 4) is 0 Å². The van der Waals surface area contributed by atoms with Crippen LogP contribution in [0.25, 0.3) is 10.8 Å². The fourth-order valence-corrected chi connectivity index (χ4v) is 3.95. The van der Waals surface area contributed by atoms with Crippen molar-refractivity contribution < 1.29 is 14.4 Å². The van der Waals surface area contributed by atoms with Gasteiger partial charge in [0.1, 0.15) is 12.1 Å². The summed E-state index contributed by atoms with van der Waals surface area (Å²) in [5.74, 6) is -0.686. The van der Waals surface area contributed by atoms with Gasteiger partial charge in [-0.05, 0) is 41.8 Å². The molecule has 0 saturated carbocycles. The Kier molecular flexibility index (Phi) is 5.46. The van der Waals surface area contributed by atoms with Crippen molar-refractivity contribution in [1.29, 1.82) is 0 Å². The fraction of sp³-hybridized carbons (Fsp3) is 0.240. The highest BCUT2D eigenvalue weighted by Crippen LogP contribution is 2.31. The van der Waals surface area contributed by atoms with E-state index in [4.69, 9.17) is 0 Å². The number of likely N-dealkylation sites (N-methyl/N-ethyl adjacent to an activating group) is 1. The van der Waals surface area contributed by atoms with Gasteiger partial charge >= 0.3 is 6.03 Å². The molecule has 0 bridgehead atoms. The van der Waals surface area contributed by atoms with Crippen molar-refractivity contribution >= 4 is 28.6 Å². The number of urea groups is 1. The Bertz CT molecular complexity index is 1140. The minimum Gasteiger partial charge on any atom is -0.337 e. The van der Waals surface area contributed by atoms with Crippen molar-refractivity contribution in [3.63, 3.8) is 0 Å². The average molecular weight is 415 g/mol. The number of amides is 4. The first kappa shape index (κ1) is 20.6. The van der Waals surface area contributed by atoms with E-state index in [1.807, 2.05) is 79.7 Å². The van der Waals surface area contributed by atoms with Crippen LogP contribution in [0.4, 0.5) is 4.79 Å². The molecule has 1 aliphatic heterocycles. The molecule has 4 rings (SSSR count). The summed E-state index contributed by atoms with van der Waals surface area (Å²) in [6.45, 7) is 4.20. The van der Waals surface area contributed by atoms with Gasteiger partial charge in [0, 0.05) is 13.1 Å². The van der Waals surface area contributed by atoms with Gasteiger partial charge in [-0.2, -0.15) is 0 Å². The topological polar surface area (TPSA) is 69.7 Å². The average Bonchev–Trinajstić information content (AvgIpc) is 3.01. The number of rotatable bonds is 6. The van der Waals surface area contributed by atoms with Crippen LogP contribution in [0.5, 0.6) is 0 Å². The van der Waals surface area contributed by atoms with E-state index in [1.54, 1.807) is 11.8 Å². The summed E-state index contributed by atoms with van der Waals surface area (Å²) in [5.41, 5.74) is 0.477. The van der Waals surface area contributed by atoms with E-state index in [-0.39, 0.29) is 12.5 Å². The lowest BCUT2D eigenvalue weighted by Gasteiger charge is -2.25. The fourth-order valence-electron chi connectivity index (χ4n) is 3.95. The lowest BCUT2D eigenvalue weighted by molar-refractivity contribution is -0.139. The molecule has 158 valence electrons. The number of hydrogen-bond acceptors (Lipinski definition) is 3. The number of carbonyl (C=O) groups is 3. The third-order valence-electron chi connectivity index (χ3n) is 5.85. The molecular weight excluding hydrogens is 390 g/mol. The Hall–Kier alpha value is -3.67. The zero-order valence-corrected chi connectivity index (χ0v) is 17.7. The molecule has 3 aromatic rings.